The minimum absolute atomic E-state index is 0.123. The third-order valence-corrected chi connectivity index (χ3v) is 3.36. The SMILES string of the molecule is COCc1cc(NCc2ccccc2OC(F)(F)F)n2nccc2n1. The summed E-state index contributed by atoms with van der Waals surface area (Å²) in [6, 6.07) is 9.43. The lowest BCUT2D eigenvalue weighted by Crippen LogP contribution is -2.18. The van der Waals surface area contributed by atoms with Crippen LogP contribution in [-0.4, -0.2) is 28.1 Å². The van der Waals surface area contributed by atoms with Crippen LogP contribution >= 0.6 is 0 Å². The normalized spacial score (nSPS) is 11.7. The lowest BCUT2D eigenvalue weighted by molar-refractivity contribution is -0.274. The Bertz CT molecular complexity index is 864. The van der Waals surface area contributed by atoms with Gasteiger partial charge in [0.25, 0.3) is 0 Å². The van der Waals surface area contributed by atoms with Gasteiger partial charge in [-0.1, -0.05) is 18.2 Å². The fourth-order valence-electron chi connectivity index (χ4n) is 2.37. The molecule has 25 heavy (non-hydrogen) atoms. The molecule has 1 N–H and O–H groups in total. The van der Waals surface area contributed by atoms with Gasteiger partial charge >= 0.3 is 6.36 Å². The van der Waals surface area contributed by atoms with Gasteiger partial charge in [-0.2, -0.15) is 9.61 Å². The molecule has 0 unspecified atom stereocenters. The number of nitrogens with one attached hydrogen (secondary N) is 1. The number of para-hydroxylation sites is 1. The molecule has 0 bridgehead atoms. The van der Waals surface area contributed by atoms with Gasteiger partial charge in [-0.05, 0) is 6.07 Å². The van der Waals surface area contributed by atoms with E-state index in [0.29, 0.717) is 29.3 Å². The van der Waals surface area contributed by atoms with E-state index in [1.807, 2.05) is 0 Å². The lowest BCUT2D eigenvalue weighted by atomic mass is 10.2. The Hall–Kier alpha value is -2.81. The average molecular weight is 352 g/mol. The van der Waals surface area contributed by atoms with E-state index in [1.165, 1.54) is 12.1 Å². The van der Waals surface area contributed by atoms with Crippen molar-refractivity contribution in [1.82, 2.24) is 14.6 Å². The van der Waals surface area contributed by atoms with Crippen LogP contribution in [0.15, 0.2) is 42.6 Å². The van der Waals surface area contributed by atoms with E-state index in [-0.39, 0.29) is 12.3 Å². The molecule has 0 saturated heterocycles. The molecule has 3 aromatic rings. The van der Waals surface area contributed by atoms with Gasteiger partial charge in [0.05, 0.1) is 18.5 Å². The molecule has 2 heterocycles. The summed E-state index contributed by atoms with van der Waals surface area (Å²) in [5, 5.41) is 7.23. The molecule has 0 amide bonds. The summed E-state index contributed by atoms with van der Waals surface area (Å²) >= 11 is 0. The average Bonchev–Trinajstić information content (AvgIpc) is 3.01. The predicted octanol–water partition coefficient (Wildman–Crippen LogP) is 3.39. The Morgan fingerprint density at radius 1 is 1.20 bits per heavy atom. The highest BCUT2D eigenvalue weighted by molar-refractivity contribution is 5.50. The Balaban J connectivity index is 1.85. The first kappa shape index (κ1) is 17.0. The number of rotatable bonds is 6. The fourth-order valence-corrected chi connectivity index (χ4v) is 2.37. The largest absolute Gasteiger partial charge is 0.573 e. The van der Waals surface area contributed by atoms with Crippen molar-refractivity contribution < 1.29 is 22.6 Å². The van der Waals surface area contributed by atoms with Crippen LogP contribution in [0.1, 0.15) is 11.3 Å². The third kappa shape index (κ3) is 4.18. The van der Waals surface area contributed by atoms with Crippen molar-refractivity contribution >= 4 is 11.5 Å². The zero-order valence-corrected chi connectivity index (χ0v) is 13.2. The number of aromatic nitrogens is 3. The number of halogens is 3. The Morgan fingerprint density at radius 2 is 2.00 bits per heavy atom. The molecule has 6 nitrogen and oxygen atoms in total. The first-order valence-corrected chi connectivity index (χ1v) is 7.36. The van der Waals surface area contributed by atoms with E-state index in [9.17, 15) is 13.2 Å². The highest BCUT2D eigenvalue weighted by Crippen LogP contribution is 2.27. The summed E-state index contributed by atoms with van der Waals surface area (Å²) < 4.78 is 48.2. The fraction of sp³-hybridized carbons (Fsp3) is 0.250. The zero-order chi connectivity index (χ0) is 17.9. The van der Waals surface area contributed by atoms with E-state index >= 15 is 0 Å². The number of methoxy groups -OCH3 is 1. The van der Waals surface area contributed by atoms with E-state index in [2.05, 4.69) is 20.1 Å². The monoisotopic (exact) mass is 352 g/mol. The van der Waals surface area contributed by atoms with Gasteiger partial charge in [0.15, 0.2) is 5.65 Å². The number of fused-ring (bicyclic) bond motifs is 1. The van der Waals surface area contributed by atoms with Crippen molar-refractivity contribution in [2.45, 2.75) is 19.5 Å². The molecule has 9 heteroatoms. The highest BCUT2D eigenvalue weighted by Gasteiger charge is 2.31. The molecule has 0 aliphatic carbocycles. The van der Waals surface area contributed by atoms with E-state index < -0.39 is 6.36 Å². The summed E-state index contributed by atoms with van der Waals surface area (Å²) in [6.45, 7) is 0.432. The number of anilines is 1. The van der Waals surface area contributed by atoms with Gasteiger partial charge in [-0.25, -0.2) is 4.98 Å². The minimum Gasteiger partial charge on any atom is -0.405 e. The first-order valence-electron chi connectivity index (χ1n) is 7.36. The Kier molecular flexibility index (Phi) is 4.75. The van der Waals surface area contributed by atoms with Crippen LogP contribution in [0.3, 0.4) is 0 Å². The Morgan fingerprint density at radius 3 is 2.76 bits per heavy atom. The number of alkyl halides is 3. The Labute approximate surface area is 141 Å². The third-order valence-electron chi connectivity index (χ3n) is 3.36. The van der Waals surface area contributed by atoms with Gasteiger partial charge in [0.2, 0.25) is 0 Å². The molecule has 3 rings (SSSR count). The second kappa shape index (κ2) is 6.98. The van der Waals surface area contributed by atoms with Crippen molar-refractivity contribution in [3.05, 3.63) is 53.9 Å². The summed E-state index contributed by atoms with van der Waals surface area (Å²) in [4.78, 5) is 4.37. The second-order valence-corrected chi connectivity index (χ2v) is 5.18. The minimum atomic E-state index is -4.74. The van der Waals surface area contributed by atoms with Gasteiger partial charge in [-0.3, -0.25) is 0 Å². The summed E-state index contributed by atoms with van der Waals surface area (Å²) in [5.74, 6) is 0.342. The first-order chi connectivity index (χ1) is 12.0. The summed E-state index contributed by atoms with van der Waals surface area (Å²) in [7, 11) is 1.56. The van der Waals surface area contributed by atoms with Crippen molar-refractivity contribution in [3.63, 3.8) is 0 Å². The van der Waals surface area contributed by atoms with Crippen LogP contribution in [-0.2, 0) is 17.9 Å². The maximum Gasteiger partial charge on any atom is 0.573 e. The van der Waals surface area contributed by atoms with Gasteiger partial charge in [0.1, 0.15) is 11.6 Å². The highest BCUT2D eigenvalue weighted by atomic mass is 19.4. The van der Waals surface area contributed by atoms with Crippen LogP contribution in [0.4, 0.5) is 19.0 Å². The number of ether oxygens (including phenoxy) is 2. The van der Waals surface area contributed by atoms with Crippen LogP contribution in [0, 0.1) is 0 Å². The number of hydrogen-bond acceptors (Lipinski definition) is 5. The number of benzene rings is 1. The van der Waals surface area contributed by atoms with Crippen LogP contribution in [0.5, 0.6) is 5.75 Å². The summed E-state index contributed by atoms with van der Waals surface area (Å²) in [6.07, 6.45) is -3.15. The number of hydrogen-bond donors (Lipinski definition) is 1. The molecule has 0 atom stereocenters. The van der Waals surface area contributed by atoms with Crippen molar-refractivity contribution in [3.8, 4) is 5.75 Å². The molecular formula is C16H15F3N4O2. The molecule has 0 aliphatic heterocycles. The van der Waals surface area contributed by atoms with Crippen LogP contribution in [0.25, 0.3) is 5.65 Å². The standard InChI is InChI=1S/C16H15F3N4O2/c1-24-10-12-8-15(23-14(22-12)6-7-21-23)20-9-11-4-2-3-5-13(11)25-16(17,18)19/h2-8,20H,9-10H2,1H3. The molecular weight excluding hydrogens is 337 g/mol. The smallest absolute Gasteiger partial charge is 0.405 e. The zero-order valence-electron chi connectivity index (χ0n) is 13.2. The van der Waals surface area contributed by atoms with Gasteiger partial charge < -0.3 is 14.8 Å². The molecule has 0 fully saturated rings. The summed E-state index contributed by atoms with van der Waals surface area (Å²) in [5.41, 5.74) is 1.65. The van der Waals surface area contributed by atoms with Gasteiger partial charge in [0, 0.05) is 31.4 Å². The number of nitrogens with zero attached hydrogens (tertiary/aromatic N) is 3. The maximum atomic E-state index is 12.5. The molecule has 0 saturated carbocycles. The quantitative estimate of drug-likeness (QED) is 0.737. The molecule has 0 spiro atoms. The lowest BCUT2D eigenvalue weighted by Gasteiger charge is -2.15. The van der Waals surface area contributed by atoms with Crippen molar-refractivity contribution in [1.29, 1.82) is 0 Å². The molecule has 1 aromatic carbocycles. The second-order valence-electron chi connectivity index (χ2n) is 5.18. The topological polar surface area (TPSA) is 60.7 Å². The van der Waals surface area contributed by atoms with Crippen molar-refractivity contribution in [2.24, 2.45) is 0 Å². The van der Waals surface area contributed by atoms with Crippen LogP contribution < -0.4 is 10.1 Å². The van der Waals surface area contributed by atoms with E-state index in [1.54, 1.807) is 42.1 Å². The molecule has 0 radical (unpaired) electrons. The van der Waals surface area contributed by atoms with E-state index in [4.69, 9.17) is 4.74 Å². The van der Waals surface area contributed by atoms with Crippen LogP contribution in [0.2, 0.25) is 0 Å². The van der Waals surface area contributed by atoms with Crippen molar-refractivity contribution in [2.75, 3.05) is 12.4 Å². The molecule has 132 valence electrons. The van der Waals surface area contributed by atoms with Gasteiger partial charge in [-0.15, -0.1) is 13.2 Å². The maximum absolute atomic E-state index is 12.5. The predicted molar refractivity (Wildman–Crippen MR) is 84.2 cm³/mol. The van der Waals surface area contributed by atoms with E-state index in [0.717, 1.165) is 0 Å². The molecule has 0 aliphatic rings. The molecule has 2 aromatic heterocycles.